The van der Waals surface area contributed by atoms with E-state index in [0.29, 0.717) is 6.54 Å². The molecule has 0 atom stereocenters. The molecule has 90 valence electrons. The highest BCUT2D eigenvalue weighted by Gasteiger charge is 2.05. The summed E-state index contributed by atoms with van der Waals surface area (Å²) in [5.41, 5.74) is 7.67. The topological polar surface area (TPSA) is 69.6 Å². The van der Waals surface area contributed by atoms with Crippen molar-refractivity contribution in [1.29, 1.82) is 0 Å². The molecule has 2 aromatic heterocycles. The first-order valence-corrected chi connectivity index (χ1v) is 6.32. The van der Waals surface area contributed by atoms with Crippen LogP contribution in [-0.2, 0) is 19.3 Å². The average molecular weight is 249 g/mol. The number of aryl methyl sites for hydroxylation is 1. The van der Waals surface area contributed by atoms with Gasteiger partial charge in [-0.05, 0) is 24.6 Å². The van der Waals surface area contributed by atoms with Crippen LogP contribution in [0.4, 0.5) is 0 Å². The molecule has 0 saturated carbocycles. The lowest BCUT2D eigenvalue weighted by Gasteiger charge is -2.03. The van der Waals surface area contributed by atoms with Crippen molar-refractivity contribution in [3.8, 4) is 0 Å². The Hall–Kier alpha value is -1.40. The van der Waals surface area contributed by atoms with Crippen LogP contribution in [-0.4, -0.2) is 19.7 Å². The Labute approximate surface area is 104 Å². The van der Waals surface area contributed by atoms with Gasteiger partial charge in [-0.1, -0.05) is 11.8 Å². The highest BCUT2D eigenvalue weighted by Crippen LogP contribution is 2.20. The molecule has 0 unspecified atom stereocenters. The van der Waals surface area contributed by atoms with Gasteiger partial charge in [-0.3, -0.25) is 4.98 Å². The molecule has 0 aromatic carbocycles. The molecule has 6 heteroatoms. The highest BCUT2D eigenvalue weighted by atomic mass is 32.2. The molecular formula is C11H15N5S. The summed E-state index contributed by atoms with van der Waals surface area (Å²) in [6.45, 7) is 2.41. The second-order valence-electron chi connectivity index (χ2n) is 3.74. The van der Waals surface area contributed by atoms with Crippen LogP contribution < -0.4 is 5.73 Å². The minimum Gasteiger partial charge on any atom is -0.325 e. The van der Waals surface area contributed by atoms with Crippen LogP contribution in [0.1, 0.15) is 17.1 Å². The first-order chi connectivity index (χ1) is 8.20. The zero-order chi connectivity index (χ0) is 12.3. The van der Waals surface area contributed by atoms with Crippen LogP contribution in [0.25, 0.3) is 0 Å². The second-order valence-corrected chi connectivity index (χ2v) is 4.68. The summed E-state index contributed by atoms with van der Waals surface area (Å²) >= 11 is 1.66. The Kier molecular flexibility index (Phi) is 3.75. The third-order valence-electron chi connectivity index (χ3n) is 2.51. The standard InChI is InChI=1S/C11H15N5S/c1-8-14-15-11(16(8)2)17-7-9-3-4-13-10(5-9)6-12/h3-5H,6-7,12H2,1-2H3. The van der Waals surface area contributed by atoms with Gasteiger partial charge in [0.05, 0.1) is 5.69 Å². The van der Waals surface area contributed by atoms with Gasteiger partial charge in [-0.15, -0.1) is 10.2 Å². The Balaban J connectivity index is 2.04. The monoisotopic (exact) mass is 249 g/mol. The molecule has 0 aliphatic carbocycles. The van der Waals surface area contributed by atoms with Gasteiger partial charge >= 0.3 is 0 Å². The zero-order valence-corrected chi connectivity index (χ0v) is 10.7. The molecule has 0 aliphatic rings. The van der Waals surface area contributed by atoms with Gasteiger partial charge in [0, 0.05) is 25.5 Å². The van der Waals surface area contributed by atoms with Crippen LogP contribution in [0, 0.1) is 6.92 Å². The van der Waals surface area contributed by atoms with Crippen molar-refractivity contribution in [2.24, 2.45) is 12.8 Å². The van der Waals surface area contributed by atoms with E-state index < -0.39 is 0 Å². The molecule has 2 heterocycles. The van der Waals surface area contributed by atoms with E-state index in [1.807, 2.05) is 30.7 Å². The fraction of sp³-hybridized carbons (Fsp3) is 0.364. The number of aromatic nitrogens is 4. The molecule has 2 aromatic rings. The summed E-state index contributed by atoms with van der Waals surface area (Å²) < 4.78 is 1.98. The number of rotatable bonds is 4. The van der Waals surface area contributed by atoms with Gasteiger partial charge in [-0.2, -0.15) is 0 Å². The maximum atomic E-state index is 5.56. The molecular weight excluding hydrogens is 234 g/mol. The number of thioether (sulfide) groups is 1. The van der Waals surface area contributed by atoms with Gasteiger partial charge in [-0.25, -0.2) is 0 Å². The minimum absolute atomic E-state index is 0.474. The molecule has 0 amide bonds. The lowest BCUT2D eigenvalue weighted by Crippen LogP contribution is -2.00. The normalized spacial score (nSPS) is 10.8. The Morgan fingerprint density at radius 1 is 1.41 bits per heavy atom. The van der Waals surface area contributed by atoms with Crippen molar-refractivity contribution in [1.82, 2.24) is 19.7 Å². The fourth-order valence-electron chi connectivity index (χ4n) is 1.39. The number of hydrogen-bond donors (Lipinski definition) is 1. The van der Waals surface area contributed by atoms with Crippen molar-refractivity contribution in [2.45, 2.75) is 24.4 Å². The van der Waals surface area contributed by atoms with E-state index in [2.05, 4.69) is 15.2 Å². The number of nitrogens with zero attached hydrogens (tertiary/aromatic N) is 4. The highest BCUT2D eigenvalue weighted by molar-refractivity contribution is 7.98. The number of pyridine rings is 1. The van der Waals surface area contributed by atoms with Crippen LogP contribution in [0.3, 0.4) is 0 Å². The van der Waals surface area contributed by atoms with E-state index in [9.17, 15) is 0 Å². The van der Waals surface area contributed by atoms with Crippen molar-refractivity contribution in [3.63, 3.8) is 0 Å². The molecule has 2 N–H and O–H groups in total. The Bertz CT molecular complexity index is 508. The van der Waals surface area contributed by atoms with Gasteiger partial charge < -0.3 is 10.3 Å². The Morgan fingerprint density at radius 3 is 2.88 bits per heavy atom. The predicted octanol–water partition coefficient (Wildman–Crippen LogP) is 1.27. The van der Waals surface area contributed by atoms with Gasteiger partial charge in [0.25, 0.3) is 0 Å². The van der Waals surface area contributed by atoms with E-state index in [1.54, 1.807) is 18.0 Å². The largest absolute Gasteiger partial charge is 0.325 e. The average Bonchev–Trinajstić information content (AvgIpc) is 2.68. The number of hydrogen-bond acceptors (Lipinski definition) is 5. The van der Waals surface area contributed by atoms with E-state index in [4.69, 9.17) is 5.73 Å². The van der Waals surface area contributed by atoms with Crippen molar-refractivity contribution >= 4 is 11.8 Å². The van der Waals surface area contributed by atoms with Gasteiger partial charge in [0.15, 0.2) is 5.16 Å². The third-order valence-corrected chi connectivity index (χ3v) is 3.60. The first-order valence-electron chi connectivity index (χ1n) is 5.33. The molecule has 0 aliphatic heterocycles. The molecule has 5 nitrogen and oxygen atoms in total. The molecule has 0 saturated heterocycles. The molecule has 0 spiro atoms. The van der Waals surface area contributed by atoms with Gasteiger partial charge in [0.2, 0.25) is 0 Å². The smallest absolute Gasteiger partial charge is 0.191 e. The SMILES string of the molecule is Cc1nnc(SCc2ccnc(CN)c2)n1C. The van der Waals surface area contributed by atoms with Gasteiger partial charge in [0.1, 0.15) is 5.82 Å². The summed E-state index contributed by atoms with van der Waals surface area (Å²) in [4.78, 5) is 4.17. The Morgan fingerprint density at radius 2 is 2.24 bits per heavy atom. The molecule has 0 bridgehead atoms. The lowest BCUT2D eigenvalue weighted by atomic mass is 10.2. The number of nitrogens with two attached hydrogens (primary N) is 1. The quantitative estimate of drug-likeness (QED) is 0.826. The summed E-state index contributed by atoms with van der Waals surface area (Å²) in [6.07, 6.45) is 1.79. The fourth-order valence-corrected chi connectivity index (χ4v) is 2.29. The van der Waals surface area contributed by atoms with Crippen molar-refractivity contribution in [2.75, 3.05) is 0 Å². The summed E-state index contributed by atoms with van der Waals surface area (Å²) in [7, 11) is 1.97. The van der Waals surface area contributed by atoms with Crippen LogP contribution >= 0.6 is 11.8 Å². The maximum Gasteiger partial charge on any atom is 0.191 e. The molecule has 17 heavy (non-hydrogen) atoms. The van der Waals surface area contributed by atoms with Crippen LogP contribution in [0.2, 0.25) is 0 Å². The van der Waals surface area contributed by atoms with E-state index in [0.717, 1.165) is 22.4 Å². The minimum atomic E-state index is 0.474. The lowest BCUT2D eigenvalue weighted by molar-refractivity contribution is 0.765. The summed E-state index contributed by atoms with van der Waals surface area (Å²) in [6, 6.07) is 4.02. The predicted molar refractivity (Wildman–Crippen MR) is 67.4 cm³/mol. The molecule has 0 fully saturated rings. The van der Waals surface area contributed by atoms with Crippen LogP contribution in [0.15, 0.2) is 23.5 Å². The molecule has 2 rings (SSSR count). The van der Waals surface area contributed by atoms with E-state index >= 15 is 0 Å². The van der Waals surface area contributed by atoms with E-state index in [1.165, 1.54) is 5.56 Å². The third kappa shape index (κ3) is 2.83. The van der Waals surface area contributed by atoms with Crippen LogP contribution in [0.5, 0.6) is 0 Å². The van der Waals surface area contributed by atoms with E-state index in [-0.39, 0.29) is 0 Å². The van der Waals surface area contributed by atoms with Crippen molar-refractivity contribution in [3.05, 3.63) is 35.4 Å². The second kappa shape index (κ2) is 5.29. The summed E-state index contributed by atoms with van der Waals surface area (Å²) in [5.74, 6) is 1.77. The zero-order valence-electron chi connectivity index (χ0n) is 9.92. The first kappa shape index (κ1) is 12.1. The maximum absolute atomic E-state index is 5.56. The van der Waals surface area contributed by atoms with Crippen molar-refractivity contribution < 1.29 is 0 Å². The summed E-state index contributed by atoms with van der Waals surface area (Å²) in [5, 5.41) is 9.06. The molecule has 0 radical (unpaired) electrons.